The highest BCUT2D eigenvalue weighted by Gasteiger charge is 2.33. The van der Waals surface area contributed by atoms with Gasteiger partial charge in [0.2, 0.25) is 5.91 Å². The number of hydrogen-bond donors (Lipinski definition) is 0. The van der Waals surface area contributed by atoms with E-state index in [0.717, 1.165) is 60.7 Å². The number of hydrogen-bond acceptors (Lipinski definition) is 4. The maximum atomic E-state index is 13.1. The fraction of sp³-hybridized carbons (Fsp3) is 0.375. The van der Waals surface area contributed by atoms with E-state index in [4.69, 9.17) is 9.72 Å². The van der Waals surface area contributed by atoms with E-state index in [0.29, 0.717) is 6.42 Å². The minimum absolute atomic E-state index is 0.0405. The summed E-state index contributed by atoms with van der Waals surface area (Å²) in [5.41, 5.74) is 3.38. The van der Waals surface area contributed by atoms with E-state index in [2.05, 4.69) is 22.5 Å². The molecule has 156 valence electrons. The van der Waals surface area contributed by atoms with Crippen LogP contribution in [0.2, 0.25) is 0 Å². The van der Waals surface area contributed by atoms with Crippen molar-refractivity contribution >= 4 is 5.91 Å². The van der Waals surface area contributed by atoms with Crippen LogP contribution in [0, 0.1) is 6.92 Å². The molecule has 1 saturated heterocycles. The van der Waals surface area contributed by atoms with Crippen LogP contribution >= 0.6 is 0 Å². The van der Waals surface area contributed by atoms with E-state index in [1.807, 2.05) is 47.6 Å². The van der Waals surface area contributed by atoms with Gasteiger partial charge >= 0.3 is 0 Å². The highest BCUT2D eigenvalue weighted by Crippen LogP contribution is 2.32. The number of benzene rings is 1. The number of aryl methyl sites for hydroxylation is 2. The molecule has 0 N–H and O–H groups in total. The third-order valence-corrected chi connectivity index (χ3v) is 5.81. The van der Waals surface area contributed by atoms with Crippen molar-refractivity contribution in [1.82, 2.24) is 19.4 Å². The number of nitrogens with zero attached hydrogens (tertiary/aromatic N) is 4. The molecule has 1 amide bonds. The second-order valence-corrected chi connectivity index (χ2v) is 7.80. The molecule has 6 nitrogen and oxygen atoms in total. The molecule has 30 heavy (non-hydrogen) atoms. The Morgan fingerprint density at radius 2 is 2.00 bits per heavy atom. The van der Waals surface area contributed by atoms with Crippen molar-refractivity contribution in [1.29, 1.82) is 0 Å². The van der Waals surface area contributed by atoms with Crippen LogP contribution in [0.3, 0.4) is 0 Å². The molecule has 0 spiro atoms. The molecule has 1 aromatic carbocycles. The molecule has 1 aliphatic rings. The van der Waals surface area contributed by atoms with Crippen LogP contribution in [0.4, 0.5) is 0 Å². The second-order valence-electron chi connectivity index (χ2n) is 7.80. The van der Waals surface area contributed by atoms with Gasteiger partial charge in [-0.25, -0.2) is 4.98 Å². The van der Waals surface area contributed by atoms with Crippen molar-refractivity contribution in [2.75, 3.05) is 13.7 Å². The first-order valence-electron chi connectivity index (χ1n) is 10.5. The molecule has 0 radical (unpaired) electrons. The van der Waals surface area contributed by atoms with Gasteiger partial charge in [0, 0.05) is 37.3 Å². The highest BCUT2D eigenvalue weighted by atomic mass is 16.5. The predicted molar refractivity (Wildman–Crippen MR) is 115 cm³/mol. The van der Waals surface area contributed by atoms with E-state index in [-0.39, 0.29) is 11.9 Å². The summed E-state index contributed by atoms with van der Waals surface area (Å²) in [6, 6.07) is 12.0. The number of carbonyl (C=O) groups is 1. The summed E-state index contributed by atoms with van der Waals surface area (Å²) in [6.45, 7) is 3.59. The van der Waals surface area contributed by atoms with Crippen molar-refractivity contribution in [3.8, 4) is 5.75 Å². The SMILES string of the molecule is COc1ccc(CCC(=O)N2CCCC2c2ncc(C)n2Cc2cccnc2)cc1. The minimum atomic E-state index is 0.0405. The lowest BCUT2D eigenvalue weighted by Gasteiger charge is -2.25. The summed E-state index contributed by atoms with van der Waals surface area (Å²) in [5.74, 6) is 2.01. The van der Waals surface area contributed by atoms with Gasteiger partial charge in [-0.2, -0.15) is 0 Å². The zero-order valence-corrected chi connectivity index (χ0v) is 17.6. The number of aromatic nitrogens is 3. The Hall–Kier alpha value is -3.15. The molecule has 2 aromatic heterocycles. The van der Waals surface area contributed by atoms with Crippen molar-refractivity contribution in [3.63, 3.8) is 0 Å². The lowest BCUT2D eigenvalue weighted by molar-refractivity contribution is -0.132. The Kier molecular flexibility index (Phi) is 6.12. The van der Waals surface area contributed by atoms with E-state index < -0.39 is 0 Å². The van der Waals surface area contributed by atoms with Crippen LogP contribution in [0.15, 0.2) is 55.0 Å². The largest absolute Gasteiger partial charge is 0.497 e. The average Bonchev–Trinajstić information content (AvgIpc) is 3.40. The van der Waals surface area contributed by atoms with E-state index >= 15 is 0 Å². The fourth-order valence-electron chi connectivity index (χ4n) is 4.15. The van der Waals surface area contributed by atoms with Crippen LogP contribution in [0.1, 0.15) is 47.9 Å². The van der Waals surface area contributed by atoms with Crippen LogP contribution < -0.4 is 4.74 Å². The van der Waals surface area contributed by atoms with Gasteiger partial charge < -0.3 is 14.2 Å². The molecule has 1 fully saturated rings. The summed E-state index contributed by atoms with van der Waals surface area (Å²) in [6.07, 6.45) is 8.78. The molecule has 4 rings (SSSR count). The topological polar surface area (TPSA) is 60.2 Å². The molecule has 3 aromatic rings. The molecule has 0 bridgehead atoms. The number of methoxy groups -OCH3 is 1. The summed E-state index contributed by atoms with van der Waals surface area (Å²) in [4.78, 5) is 24.0. The van der Waals surface area contributed by atoms with E-state index in [1.54, 1.807) is 13.3 Å². The highest BCUT2D eigenvalue weighted by molar-refractivity contribution is 5.77. The standard InChI is InChI=1S/C24H28N4O2/c1-18-15-26-24(28(18)17-20-5-3-13-25-16-20)22-6-4-14-27(22)23(29)12-9-19-7-10-21(30-2)11-8-19/h3,5,7-8,10-11,13,15-16,22H,4,6,9,12,14,17H2,1-2H3. The predicted octanol–water partition coefficient (Wildman–Crippen LogP) is 3.94. The third kappa shape index (κ3) is 4.37. The van der Waals surface area contributed by atoms with Gasteiger partial charge in [-0.3, -0.25) is 9.78 Å². The lowest BCUT2D eigenvalue weighted by atomic mass is 10.1. The number of likely N-dealkylation sites (tertiary alicyclic amines) is 1. The Balaban J connectivity index is 1.46. The van der Waals surface area contributed by atoms with Gasteiger partial charge in [0.25, 0.3) is 0 Å². The first-order valence-corrected chi connectivity index (χ1v) is 10.5. The normalized spacial score (nSPS) is 16.1. The first kappa shape index (κ1) is 20.1. The van der Waals surface area contributed by atoms with Crippen molar-refractivity contribution < 1.29 is 9.53 Å². The third-order valence-electron chi connectivity index (χ3n) is 5.81. The number of carbonyl (C=O) groups excluding carboxylic acids is 1. The van der Waals surface area contributed by atoms with Crippen LogP contribution in [0.5, 0.6) is 5.75 Å². The molecule has 1 unspecified atom stereocenters. The first-order chi connectivity index (χ1) is 14.7. The van der Waals surface area contributed by atoms with Crippen LogP contribution in [-0.4, -0.2) is 39.0 Å². The van der Waals surface area contributed by atoms with Gasteiger partial charge in [0.05, 0.1) is 19.7 Å². The number of ether oxygens (including phenoxy) is 1. The van der Waals surface area contributed by atoms with Gasteiger partial charge in [-0.05, 0) is 55.5 Å². The summed E-state index contributed by atoms with van der Waals surface area (Å²) in [7, 11) is 1.66. The monoisotopic (exact) mass is 404 g/mol. The smallest absolute Gasteiger partial charge is 0.223 e. The minimum Gasteiger partial charge on any atom is -0.497 e. The molecule has 1 aliphatic heterocycles. The Bertz CT molecular complexity index is 982. The molecule has 6 heteroatoms. The number of pyridine rings is 1. The summed E-state index contributed by atoms with van der Waals surface area (Å²) in [5, 5.41) is 0. The maximum Gasteiger partial charge on any atom is 0.223 e. The molecule has 3 heterocycles. The molecular formula is C24H28N4O2. The summed E-state index contributed by atoms with van der Waals surface area (Å²) < 4.78 is 7.43. The van der Waals surface area contributed by atoms with Gasteiger partial charge in [0.15, 0.2) is 0 Å². The molecule has 0 aliphatic carbocycles. The van der Waals surface area contributed by atoms with E-state index in [9.17, 15) is 4.79 Å². The maximum absolute atomic E-state index is 13.1. The summed E-state index contributed by atoms with van der Waals surface area (Å²) >= 11 is 0. The Morgan fingerprint density at radius 3 is 2.73 bits per heavy atom. The number of rotatable bonds is 7. The number of amides is 1. The Labute approximate surface area is 177 Å². The van der Waals surface area contributed by atoms with Crippen LogP contribution in [0.25, 0.3) is 0 Å². The molecule has 0 saturated carbocycles. The molecular weight excluding hydrogens is 376 g/mol. The fourth-order valence-corrected chi connectivity index (χ4v) is 4.15. The van der Waals surface area contributed by atoms with Crippen molar-refractivity contribution in [2.24, 2.45) is 0 Å². The lowest BCUT2D eigenvalue weighted by Crippen LogP contribution is -2.32. The van der Waals surface area contributed by atoms with Gasteiger partial charge in [-0.1, -0.05) is 18.2 Å². The van der Waals surface area contributed by atoms with Crippen LogP contribution in [-0.2, 0) is 17.8 Å². The van der Waals surface area contributed by atoms with Crippen molar-refractivity contribution in [3.05, 3.63) is 77.6 Å². The van der Waals surface area contributed by atoms with E-state index in [1.165, 1.54) is 0 Å². The average molecular weight is 405 g/mol. The molecule has 1 atom stereocenters. The van der Waals surface area contributed by atoms with Crippen molar-refractivity contribution in [2.45, 2.75) is 45.2 Å². The number of imidazole rings is 1. The van der Waals surface area contributed by atoms with Gasteiger partial charge in [0.1, 0.15) is 11.6 Å². The quantitative estimate of drug-likeness (QED) is 0.598. The Morgan fingerprint density at radius 1 is 1.17 bits per heavy atom. The zero-order chi connectivity index (χ0) is 20.9. The zero-order valence-electron chi connectivity index (χ0n) is 17.6. The second kappa shape index (κ2) is 9.11. The van der Waals surface area contributed by atoms with Gasteiger partial charge in [-0.15, -0.1) is 0 Å².